The Morgan fingerprint density at radius 2 is 2.11 bits per heavy atom. The van der Waals surface area contributed by atoms with Crippen LogP contribution in [-0.4, -0.2) is 13.0 Å². The van der Waals surface area contributed by atoms with Gasteiger partial charge in [-0.05, 0) is 29.3 Å². The lowest BCUT2D eigenvalue weighted by molar-refractivity contribution is -0.117. The molecule has 1 aliphatic heterocycles. The Labute approximate surface area is 125 Å². The maximum atomic E-state index is 11.7. The Kier molecular flexibility index (Phi) is 3.29. The van der Waals surface area contributed by atoms with Gasteiger partial charge in [0.1, 0.15) is 0 Å². The van der Waals surface area contributed by atoms with Gasteiger partial charge in [-0.15, -0.1) is 22.9 Å². The van der Waals surface area contributed by atoms with Crippen molar-refractivity contribution in [1.82, 2.24) is 0 Å². The Morgan fingerprint density at radius 1 is 1.32 bits per heavy atom. The molecule has 98 valence electrons. The minimum absolute atomic E-state index is 0.123. The number of amides is 1. The first kappa shape index (κ1) is 13.0. The average molecular weight is 312 g/mol. The first-order valence-corrected chi connectivity index (χ1v) is 7.48. The number of likely N-dealkylation sites (N-methyl/N-ethyl adjacent to an activating group) is 1. The van der Waals surface area contributed by atoms with Crippen LogP contribution in [0.3, 0.4) is 0 Å². The summed E-state index contributed by atoms with van der Waals surface area (Å²) in [4.78, 5) is 14.4. The zero-order valence-electron chi connectivity index (χ0n) is 10.2. The lowest BCUT2D eigenvalue weighted by atomic mass is 10.0. The highest BCUT2D eigenvalue weighted by atomic mass is 35.5. The fourth-order valence-corrected chi connectivity index (χ4v) is 3.69. The molecule has 1 atom stereocenters. The van der Waals surface area contributed by atoms with Gasteiger partial charge < -0.3 is 4.90 Å². The fourth-order valence-electron chi connectivity index (χ4n) is 2.28. The molecule has 19 heavy (non-hydrogen) atoms. The molecule has 2 heterocycles. The summed E-state index contributed by atoms with van der Waals surface area (Å²) in [5, 5.41) is -0.219. The smallest absolute Gasteiger partial charge is 0.231 e. The number of hydrogen-bond acceptors (Lipinski definition) is 2. The molecular weight excluding hydrogens is 301 g/mol. The van der Waals surface area contributed by atoms with Gasteiger partial charge in [0.25, 0.3) is 0 Å². The number of rotatable bonds is 2. The third-order valence-corrected chi connectivity index (χ3v) is 5.23. The standard InChI is InChI=1S/C14H11Cl2NOS/c1-17-10-3-2-8(6-9(10)7-13(17)18)14(16)11-4-5-12(15)19-11/h2-6,14H,7H2,1H3. The van der Waals surface area contributed by atoms with Gasteiger partial charge in [-0.1, -0.05) is 23.7 Å². The van der Waals surface area contributed by atoms with Gasteiger partial charge in [0.15, 0.2) is 0 Å². The van der Waals surface area contributed by atoms with Crippen molar-refractivity contribution in [3.05, 3.63) is 50.7 Å². The summed E-state index contributed by atoms with van der Waals surface area (Å²) < 4.78 is 0.733. The number of alkyl halides is 1. The van der Waals surface area contributed by atoms with E-state index in [1.807, 2.05) is 30.3 Å². The molecule has 3 rings (SSSR count). The third-order valence-electron chi connectivity index (χ3n) is 3.32. The molecule has 0 N–H and O–H groups in total. The second kappa shape index (κ2) is 4.82. The second-order valence-corrected chi connectivity index (χ2v) is 6.71. The van der Waals surface area contributed by atoms with Crippen LogP contribution in [0.2, 0.25) is 4.34 Å². The Morgan fingerprint density at radius 3 is 2.79 bits per heavy atom. The number of carbonyl (C=O) groups is 1. The van der Waals surface area contributed by atoms with Crippen LogP contribution in [0.5, 0.6) is 0 Å². The van der Waals surface area contributed by atoms with Crippen LogP contribution in [-0.2, 0) is 11.2 Å². The molecule has 5 heteroatoms. The molecule has 1 unspecified atom stereocenters. The predicted molar refractivity (Wildman–Crippen MR) is 80.6 cm³/mol. The van der Waals surface area contributed by atoms with Gasteiger partial charge in [0, 0.05) is 17.6 Å². The van der Waals surface area contributed by atoms with E-state index in [1.165, 1.54) is 11.3 Å². The molecule has 0 aliphatic carbocycles. The molecule has 2 aromatic rings. The molecule has 0 fully saturated rings. The van der Waals surface area contributed by atoms with Gasteiger partial charge in [-0.3, -0.25) is 4.79 Å². The molecule has 0 spiro atoms. The summed E-state index contributed by atoms with van der Waals surface area (Å²) in [6, 6.07) is 9.73. The normalized spacial score (nSPS) is 15.7. The summed E-state index contributed by atoms with van der Waals surface area (Å²) in [5.41, 5.74) is 3.02. The molecule has 1 aromatic heterocycles. The van der Waals surface area contributed by atoms with Crippen molar-refractivity contribution in [3.8, 4) is 0 Å². The third kappa shape index (κ3) is 2.27. The maximum absolute atomic E-state index is 11.7. The van der Waals surface area contributed by atoms with Crippen molar-refractivity contribution in [2.75, 3.05) is 11.9 Å². The number of carbonyl (C=O) groups excluding carboxylic acids is 1. The van der Waals surface area contributed by atoms with Crippen LogP contribution < -0.4 is 4.90 Å². The van der Waals surface area contributed by atoms with E-state index in [0.29, 0.717) is 6.42 Å². The summed E-state index contributed by atoms with van der Waals surface area (Å²) >= 11 is 13.9. The first-order valence-electron chi connectivity index (χ1n) is 5.85. The SMILES string of the molecule is CN1C(=O)Cc2cc(C(Cl)c3ccc(Cl)s3)ccc21. The molecular formula is C14H11Cl2NOS. The van der Waals surface area contributed by atoms with E-state index < -0.39 is 0 Å². The van der Waals surface area contributed by atoms with Gasteiger partial charge in [0.05, 0.1) is 16.1 Å². The predicted octanol–water partition coefficient (Wildman–Crippen LogP) is 4.25. The van der Waals surface area contributed by atoms with Crippen molar-refractivity contribution in [2.24, 2.45) is 0 Å². The number of benzene rings is 1. The highest BCUT2D eigenvalue weighted by Gasteiger charge is 2.25. The number of halogens is 2. The number of anilines is 1. The Bertz CT molecular complexity index is 653. The van der Waals surface area contributed by atoms with Gasteiger partial charge in [-0.2, -0.15) is 0 Å². The van der Waals surface area contributed by atoms with Gasteiger partial charge in [0.2, 0.25) is 5.91 Å². The van der Waals surface area contributed by atoms with Crippen LogP contribution in [0.1, 0.15) is 21.4 Å². The van der Waals surface area contributed by atoms with E-state index in [9.17, 15) is 4.79 Å². The lowest BCUT2D eigenvalue weighted by Crippen LogP contribution is -2.20. The molecule has 2 nitrogen and oxygen atoms in total. The molecule has 1 amide bonds. The van der Waals surface area contributed by atoms with Crippen molar-refractivity contribution in [1.29, 1.82) is 0 Å². The second-order valence-electron chi connectivity index (χ2n) is 4.52. The summed E-state index contributed by atoms with van der Waals surface area (Å²) in [5.74, 6) is 0.123. The van der Waals surface area contributed by atoms with E-state index in [-0.39, 0.29) is 11.3 Å². The first-order chi connectivity index (χ1) is 9.06. The maximum Gasteiger partial charge on any atom is 0.231 e. The average Bonchev–Trinajstić information content (AvgIpc) is 2.94. The van der Waals surface area contributed by atoms with Gasteiger partial charge >= 0.3 is 0 Å². The monoisotopic (exact) mass is 311 g/mol. The van der Waals surface area contributed by atoms with Crippen LogP contribution in [0.15, 0.2) is 30.3 Å². The summed E-state index contributed by atoms with van der Waals surface area (Å²) in [6.45, 7) is 0. The zero-order chi connectivity index (χ0) is 13.6. The van der Waals surface area contributed by atoms with Crippen LogP contribution in [0, 0.1) is 0 Å². The van der Waals surface area contributed by atoms with E-state index >= 15 is 0 Å². The summed E-state index contributed by atoms with van der Waals surface area (Å²) in [7, 11) is 1.80. The van der Waals surface area contributed by atoms with E-state index in [4.69, 9.17) is 23.2 Å². The molecule has 0 bridgehead atoms. The lowest BCUT2D eigenvalue weighted by Gasteiger charge is -2.12. The molecule has 0 saturated carbocycles. The minimum Gasteiger partial charge on any atom is -0.315 e. The van der Waals surface area contributed by atoms with Gasteiger partial charge in [-0.25, -0.2) is 0 Å². The van der Waals surface area contributed by atoms with Crippen LogP contribution in [0.25, 0.3) is 0 Å². The quantitative estimate of drug-likeness (QED) is 0.759. The number of fused-ring (bicyclic) bond motifs is 1. The minimum atomic E-state index is -0.219. The largest absolute Gasteiger partial charge is 0.315 e. The van der Waals surface area contributed by atoms with E-state index in [2.05, 4.69) is 0 Å². The molecule has 0 saturated heterocycles. The molecule has 0 radical (unpaired) electrons. The van der Waals surface area contributed by atoms with Crippen molar-refractivity contribution in [2.45, 2.75) is 11.8 Å². The van der Waals surface area contributed by atoms with Crippen LogP contribution in [0.4, 0.5) is 5.69 Å². The van der Waals surface area contributed by atoms with Crippen molar-refractivity contribution >= 4 is 46.1 Å². The Balaban J connectivity index is 1.95. The van der Waals surface area contributed by atoms with E-state index in [0.717, 1.165) is 26.0 Å². The summed E-state index contributed by atoms with van der Waals surface area (Å²) in [6.07, 6.45) is 0.453. The van der Waals surface area contributed by atoms with E-state index in [1.54, 1.807) is 11.9 Å². The Hall–Kier alpha value is -1.03. The zero-order valence-corrected chi connectivity index (χ0v) is 12.5. The number of hydrogen-bond donors (Lipinski definition) is 0. The molecule has 1 aromatic carbocycles. The topological polar surface area (TPSA) is 20.3 Å². The highest BCUT2D eigenvalue weighted by Crippen LogP contribution is 2.38. The number of nitrogens with zero attached hydrogens (tertiary/aromatic N) is 1. The van der Waals surface area contributed by atoms with Crippen LogP contribution >= 0.6 is 34.5 Å². The molecule has 1 aliphatic rings. The van der Waals surface area contributed by atoms with Crippen molar-refractivity contribution < 1.29 is 4.79 Å². The number of thiophene rings is 1. The fraction of sp³-hybridized carbons (Fsp3) is 0.214. The highest BCUT2D eigenvalue weighted by molar-refractivity contribution is 7.16. The van der Waals surface area contributed by atoms with Crippen molar-refractivity contribution in [3.63, 3.8) is 0 Å².